The lowest BCUT2D eigenvalue weighted by molar-refractivity contribution is -0.689. The number of quaternary nitrogens is 1. The van der Waals surface area contributed by atoms with Crippen LogP contribution in [0.3, 0.4) is 0 Å². The van der Waals surface area contributed by atoms with Gasteiger partial charge in [0, 0.05) is 12.3 Å². The summed E-state index contributed by atoms with van der Waals surface area (Å²) in [6.07, 6.45) is 5.53. The van der Waals surface area contributed by atoms with E-state index in [2.05, 4.69) is 9.97 Å². The first kappa shape index (κ1) is 7.08. The molecule has 0 aliphatic carbocycles. The summed E-state index contributed by atoms with van der Waals surface area (Å²) in [5.74, 6) is -0.335. The molecular weight excluding hydrogens is 158 g/mol. The largest absolute Gasteiger partial charge is 0.620 e. The second kappa shape index (κ2) is 2.47. The number of nitrogens with one attached hydrogen (secondary N) is 1. The van der Waals surface area contributed by atoms with Crippen LogP contribution in [-0.4, -0.2) is 15.9 Å². The summed E-state index contributed by atoms with van der Waals surface area (Å²) < 4.78 is 0. The highest BCUT2D eigenvalue weighted by atomic mass is 16.5. The maximum absolute atomic E-state index is 11.1. The van der Waals surface area contributed by atoms with Gasteiger partial charge in [-0.3, -0.25) is 5.06 Å². The first-order valence-corrected chi connectivity index (χ1v) is 3.36. The normalized spacial score (nSPS) is 20.8. The molecular formula is C7H5N3O2. The van der Waals surface area contributed by atoms with Crippen molar-refractivity contribution in [2.24, 2.45) is 0 Å². The molecule has 12 heavy (non-hydrogen) atoms. The van der Waals surface area contributed by atoms with Crippen LogP contribution in [0.15, 0.2) is 18.6 Å². The molecule has 0 saturated carbocycles. The zero-order valence-corrected chi connectivity index (χ0v) is 6.02. The van der Waals surface area contributed by atoms with Crippen molar-refractivity contribution in [2.75, 3.05) is 0 Å². The predicted octanol–water partition coefficient (Wildman–Crippen LogP) is -0.956. The van der Waals surface area contributed by atoms with E-state index in [-0.39, 0.29) is 5.82 Å². The molecule has 1 aromatic rings. The maximum Gasteiger partial charge on any atom is 0.343 e. The topological polar surface area (TPSA) is 70.3 Å². The van der Waals surface area contributed by atoms with E-state index in [1.54, 1.807) is 6.08 Å². The fraction of sp³-hybridized carbons (Fsp3) is 0. The molecule has 1 amide bonds. The van der Waals surface area contributed by atoms with Crippen molar-refractivity contribution in [3.63, 3.8) is 0 Å². The second-order valence-corrected chi connectivity index (χ2v) is 2.35. The Kier molecular flexibility index (Phi) is 1.46. The number of aromatic nitrogens is 2. The molecule has 0 bridgehead atoms. The highest BCUT2D eigenvalue weighted by molar-refractivity contribution is 5.90. The number of carbonyl (C=O) groups excluding carboxylic acids is 1. The monoisotopic (exact) mass is 163 g/mol. The van der Waals surface area contributed by atoms with Crippen molar-refractivity contribution in [3.8, 4) is 0 Å². The number of carbonyl (C=O) groups is 1. The number of rotatable bonds is 0. The van der Waals surface area contributed by atoms with Crippen molar-refractivity contribution in [2.45, 2.75) is 0 Å². The van der Waals surface area contributed by atoms with Crippen LogP contribution in [-0.2, 0) is 4.79 Å². The van der Waals surface area contributed by atoms with E-state index in [9.17, 15) is 10.0 Å². The molecule has 5 heteroatoms. The Morgan fingerprint density at radius 3 is 3.08 bits per heavy atom. The number of fused-ring (bicyclic) bond motifs is 1. The fourth-order valence-electron chi connectivity index (χ4n) is 1.01. The summed E-state index contributed by atoms with van der Waals surface area (Å²) >= 11 is 0. The molecule has 2 heterocycles. The number of hydrogen-bond donors (Lipinski definition) is 1. The van der Waals surface area contributed by atoms with Crippen LogP contribution in [0.5, 0.6) is 0 Å². The van der Waals surface area contributed by atoms with Gasteiger partial charge in [0.1, 0.15) is 6.33 Å². The standard InChI is InChI=1S/C7H5N3O2/c11-6-2-1-5-3-8-4-9-7(5)10(6)12/h1-4,10H. The smallest absolute Gasteiger partial charge is 0.343 e. The molecule has 1 unspecified atom stereocenters. The summed E-state index contributed by atoms with van der Waals surface area (Å²) in [4.78, 5) is 18.3. The van der Waals surface area contributed by atoms with Gasteiger partial charge in [-0.25, -0.2) is 9.78 Å². The van der Waals surface area contributed by atoms with Crippen LogP contribution < -0.4 is 5.06 Å². The molecule has 0 fully saturated rings. The third kappa shape index (κ3) is 0.919. The SMILES string of the molecule is O=C1C=Cc2cncnc2[NH+]1[O-]. The van der Waals surface area contributed by atoms with E-state index >= 15 is 0 Å². The molecule has 0 aromatic carbocycles. The number of nitrogens with zero attached hydrogens (tertiary/aromatic N) is 2. The number of hydrogen-bond acceptors (Lipinski definition) is 4. The van der Waals surface area contributed by atoms with Crippen molar-refractivity contribution in [3.05, 3.63) is 29.4 Å². The van der Waals surface area contributed by atoms with Crippen molar-refractivity contribution < 1.29 is 9.86 Å². The molecule has 1 aromatic heterocycles. The Hall–Kier alpha value is -1.59. The summed E-state index contributed by atoms with van der Waals surface area (Å²) in [6, 6.07) is 0. The Labute approximate surface area is 67.9 Å². The predicted molar refractivity (Wildman–Crippen MR) is 40.1 cm³/mol. The molecule has 0 radical (unpaired) electrons. The summed E-state index contributed by atoms with van der Waals surface area (Å²) in [5.41, 5.74) is 0.599. The minimum Gasteiger partial charge on any atom is -0.620 e. The summed E-state index contributed by atoms with van der Waals surface area (Å²) in [6.45, 7) is 0. The molecule has 1 aliphatic rings. The van der Waals surface area contributed by atoms with Crippen LogP contribution in [0.25, 0.3) is 6.08 Å². The fourth-order valence-corrected chi connectivity index (χ4v) is 1.01. The molecule has 60 valence electrons. The van der Waals surface area contributed by atoms with Gasteiger partial charge in [0.25, 0.3) is 0 Å². The van der Waals surface area contributed by atoms with E-state index in [4.69, 9.17) is 0 Å². The van der Waals surface area contributed by atoms with E-state index < -0.39 is 11.0 Å². The summed E-state index contributed by atoms with van der Waals surface area (Å²) in [5, 5.41) is 10.6. The maximum atomic E-state index is 11.1. The van der Waals surface area contributed by atoms with Crippen LogP contribution >= 0.6 is 0 Å². The van der Waals surface area contributed by atoms with Gasteiger partial charge in [0.15, 0.2) is 0 Å². The van der Waals surface area contributed by atoms with Crippen molar-refractivity contribution in [1.29, 1.82) is 0 Å². The average Bonchev–Trinajstić information content (AvgIpc) is 2.12. The van der Waals surface area contributed by atoms with Gasteiger partial charge < -0.3 is 5.21 Å². The zero-order valence-electron chi connectivity index (χ0n) is 6.02. The van der Waals surface area contributed by atoms with Gasteiger partial charge in [-0.1, -0.05) is 0 Å². The minimum absolute atomic E-state index is 0.192. The Morgan fingerprint density at radius 1 is 1.42 bits per heavy atom. The minimum atomic E-state index is -0.560. The molecule has 5 nitrogen and oxygen atoms in total. The molecule has 0 spiro atoms. The number of hydroxylamine groups is 1. The lowest BCUT2D eigenvalue weighted by atomic mass is 10.2. The Balaban J connectivity index is 2.59. The van der Waals surface area contributed by atoms with Gasteiger partial charge in [-0.15, -0.1) is 0 Å². The molecule has 1 aliphatic heterocycles. The molecule has 1 atom stereocenters. The second-order valence-electron chi connectivity index (χ2n) is 2.35. The first-order valence-electron chi connectivity index (χ1n) is 3.36. The van der Waals surface area contributed by atoms with Gasteiger partial charge in [-0.2, -0.15) is 4.98 Å². The van der Waals surface area contributed by atoms with Crippen LogP contribution in [0.2, 0.25) is 0 Å². The summed E-state index contributed by atoms with van der Waals surface area (Å²) in [7, 11) is 0. The van der Waals surface area contributed by atoms with Gasteiger partial charge in [-0.05, 0) is 6.08 Å². The highest BCUT2D eigenvalue weighted by Gasteiger charge is 2.19. The van der Waals surface area contributed by atoms with Gasteiger partial charge >= 0.3 is 5.91 Å². The van der Waals surface area contributed by atoms with Gasteiger partial charge in [0.05, 0.1) is 5.56 Å². The molecule has 0 saturated heterocycles. The van der Waals surface area contributed by atoms with Crippen molar-refractivity contribution in [1.82, 2.24) is 9.97 Å². The third-order valence-corrected chi connectivity index (χ3v) is 1.59. The van der Waals surface area contributed by atoms with Crippen LogP contribution in [0.1, 0.15) is 5.56 Å². The Bertz CT molecular complexity index is 361. The Morgan fingerprint density at radius 2 is 2.25 bits per heavy atom. The lowest BCUT2D eigenvalue weighted by Crippen LogP contribution is -3.05. The average molecular weight is 163 g/mol. The van der Waals surface area contributed by atoms with Crippen LogP contribution in [0, 0.1) is 5.21 Å². The van der Waals surface area contributed by atoms with Crippen molar-refractivity contribution >= 4 is 17.8 Å². The molecule has 2 rings (SSSR count). The lowest BCUT2D eigenvalue weighted by Gasteiger charge is -2.19. The zero-order chi connectivity index (χ0) is 8.55. The quantitative estimate of drug-likeness (QED) is 0.500. The highest BCUT2D eigenvalue weighted by Crippen LogP contribution is 2.09. The van der Waals surface area contributed by atoms with E-state index in [1.165, 1.54) is 18.6 Å². The van der Waals surface area contributed by atoms with Gasteiger partial charge in [0.2, 0.25) is 5.82 Å². The molecule has 1 N–H and O–H groups in total. The third-order valence-electron chi connectivity index (χ3n) is 1.59. The van der Waals surface area contributed by atoms with E-state index in [0.717, 1.165) is 0 Å². The number of amides is 1. The van der Waals surface area contributed by atoms with E-state index in [1.807, 2.05) is 0 Å². The first-order chi connectivity index (χ1) is 5.79. The van der Waals surface area contributed by atoms with Crippen LogP contribution in [0.4, 0.5) is 5.82 Å². The van der Waals surface area contributed by atoms with E-state index in [0.29, 0.717) is 5.56 Å².